The van der Waals surface area contributed by atoms with Crippen molar-refractivity contribution in [1.29, 1.82) is 0 Å². The second-order valence-electron chi connectivity index (χ2n) is 6.34. The van der Waals surface area contributed by atoms with Crippen molar-refractivity contribution >= 4 is 29.0 Å². The number of aromatic nitrogens is 3. The molecule has 1 amide bonds. The zero-order chi connectivity index (χ0) is 20.1. The van der Waals surface area contributed by atoms with Crippen molar-refractivity contribution in [1.82, 2.24) is 15.1 Å². The molecule has 0 radical (unpaired) electrons. The van der Waals surface area contributed by atoms with Gasteiger partial charge in [-0.05, 0) is 57.5 Å². The molecule has 1 aromatic carbocycles. The predicted octanol–water partition coefficient (Wildman–Crippen LogP) is 3.92. The van der Waals surface area contributed by atoms with Crippen molar-refractivity contribution in [2.75, 3.05) is 28.6 Å². The Morgan fingerprint density at radius 1 is 1.14 bits per heavy atom. The van der Waals surface area contributed by atoms with E-state index in [-0.39, 0.29) is 11.6 Å². The SMILES string of the molecule is CCN(CC)c1ccc(Nc2nccc(C(=O)Nc3cc(C)on3)n2)c(C)c1. The van der Waals surface area contributed by atoms with E-state index in [0.29, 0.717) is 17.5 Å². The van der Waals surface area contributed by atoms with E-state index >= 15 is 0 Å². The molecule has 0 spiro atoms. The standard InChI is InChI=1S/C20H24N6O2/c1-5-26(6-2)15-7-8-16(13(3)11-15)22-20-21-10-9-17(23-20)19(27)24-18-12-14(4)28-25-18/h7-12H,5-6H2,1-4H3,(H,21,22,23)(H,24,25,27). The van der Waals surface area contributed by atoms with Crippen LogP contribution in [0.5, 0.6) is 0 Å². The molecule has 146 valence electrons. The Hall–Kier alpha value is -3.42. The van der Waals surface area contributed by atoms with E-state index in [0.717, 1.165) is 24.3 Å². The van der Waals surface area contributed by atoms with Crippen LogP contribution in [0, 0.1) is 13.8 Å². The van der Waals surface area contributed by atoms with Crippen LogP contribution in [0.4, 0.5) is 23.1 Å². The van der Waals surface area contributed by atoms with E-state index in [1.807, 2.05) is 13.0 Å². The molecule has 0 aliphatic carbocycles. The topological polar surface area (TPSA) is 96.2 Å². The highest BCUT2D eigenvalue weighted by Gasteiger charge is 2.12. The van der Waals surface area contributed by atoms with E-state index in [4.69, 9.17) is 4.52 Å². The number of hydrogen-bond acceptors (Lipinski definition) is 7. The molecule has 8 nitrogen and oxygen atoms in total. The second-order valence-corrected chi connectivity index (χ2v) is 6.34. The smallest absolute Gasteiger partial charge is 0.275 e. The zero-order valence-corrected chi connectivity index (χ0v) is 16.5. The molecule has 0 saturated heterocycles. The minimum atomic E-state index is -0.382. The van der Waals surface area contributed by atoms with Crippen molar-refractivity contribution in [3.05, 3.63) is 53.5 Å². The van der Waals surface area contributed by atoms with Gasteiger partial charge in [0.05, 0.1) is 0 Å². The summed E-state index contributed by atoms with van der Waals surface area (Å²) in [5.74, 6) is 0.928. The first-order chi connectivity index (χ1) is 13.5. The number of carbonyl (C=O) groups is 1. The molecule has 0 bridgehead atoms. The fourth-order valence-corrected chi connectivity index (χ4v) is 2.85. The lowest BCUT2D eigenvalue weighted by atomic mass is 10.1. The molecule has 3 aromatic rings. The van der Waals surface area contributed by atoms with Gasteiger partial charge in [-0.2, -0.15) is 0 Å². The molecular weight excluding hydrogens is 356 g/mol. The average Bonchev–Trinajstić information content (AvgIpc) is 3.09. The summed E-state index contributed by atoms with van der Waals surface area (Å²) in [6.07, 6.45) is 1.54. The third-order valence-corrected chi connectivity index (χ3v) is 4.34. The lowest BCUT2D eigenvalue weighted by Gasteiger charge is -2.22. The molecule has 2 aromatic heterocycles. The maximum atomic E-state index is 12.4. The van der Waals surface area contributed by atoms with E-state index in [1.54, 1.807) is 19.1 Å². The molecule has 0 aliphatic rings. The highest BCUT2D eigenvalue weighted by Crippen LogP contribution is 2.24. The Bertz CT molecular complexity index is 965. The third kappa shape index (κ3) is 4.46. The van der Waals surface area contributed by atoms with Gasteiger partial charge in [-0.15, -0.1) is 0 Å². The van der Waals surface area contributed by atoms with Crippen LogP contribution >= 0.6 is 0 Å². The van der Waals surface area contributed by atoms with E-state index in [9.17, 15) is 4.79 Å². The van der Waals surface area contributed by atoms with Crippen LogP contribution in [0.3, 0.4) is 0 Å². The maximum Gasteiger partial charge on any atom is 0.275 e. The number of aryl methyl sites for hydroxylation is 2. The predicted molar refractivity (Wildman–Crippen MR) is 109 cm³/mol. The van der Waals surface area contributed by atoms with Crippen LogP contribution in [0.2, 0.25) is 0 Å². The third-order valence-electron chi connectivity index (χ3n) is 4.34. The molecule has 0 atom stereocenters. The summed E-state index contributed by atoms with van der Waals surface area (Å²) in [4.78, 5) is 23.2. The van der Waals surface area contributed by atoms with Gasteiger partial charge < -0.3 is 20.1 Å². The first-order valence-corrected chi connectivity index (χ1v) is 9.20. The minimum absolute atomic E-state index is 0.232. The second kappa shape index (κ2) is 8.51. The fourth-order valence-electron chi connectivity index (χ4n) is 2.85. The van der Waals surface area contributed by atoms with Gasteiger partial charge in [0.25, 0.3) is 5.91 Å². The Balaban J connectivity index is 1.74. The first-order valence-electron chi connectivity index (χ1n) is 9.20. The summed E-state index contributed by atoms with van der Waals surface area (Å²) in [5.41, 5.74) is 3.36. The number of hydrogen-bond donors (Lipinski definition) is 2. The quantitative estimate of drug-likeness (QED) is 0.641. The summed E-state index contributed by atoms with van der Waals surface area (Å²) in [5, 5.41) is 9.58. The highest BCUT2D eigenvalue weighted by molar-refractivity contribution is 6.02. The fraction of sp³-hybridized carbons (Fsp3) is 0.300. The maximum absolute atomic E-state index is 12.4. The molecule has 0 aliphatic heterocycles. The largest absolute Gasteiger partial charge is 0.372 e. The van der Waals surface area contributed by atoms with Gasteiger partial charge in [0.15, 0.2) is 5.82 Å². The molecule has 2 N–H and O–H groups in total. The summed E-state index contributed by atoms with van der Waals surface area (Å²) in [7, 11) is 0. The van der Waals surface area contributed by atoms with Crippen LogP contribution in [0.1, 0.15) is 35.7 Å². The Morgan fingerprint density at radius 2 is 1.93 bits per heavy atom. The molecule has 0 saturated carbocycles. The molecule has 28 heavy (non-hydrogen) atoms. The minimum Gasteiger partial charge on any atom is -0.372 e. The monoisotopic (exact) mass is 380 g/mol. The van der Waals surface area contributed by atoms with Crippen molar-refractivity contribution < 1.29 is 9.32 Å². The lowest BCUT2D eigenvalue weighted by Crippen LogP contribution is -2.21. The summed E-state index contributed by atoms with van der Waals surface area (Å²) in [6.45, 7) is 9.95. The Kier molecular flexibility index (Phi) is 5.88. The van der Waals surface area contributed by atoms with Crippen molar-refractivity contribution in [3.8, 4) is 0 Å². The molecule has 3 rings (SSSR count). The highest BCUT2D eigenvalue weighted by atomic mass is 16.5. The van der Waals surface area contributed by atoms with Gasteiger partial charge in [-0.1, -0.05) is 5.16 Å². The Labute approximate surface area is 164 Å². The van der Waals surface area contributed by atoms with Gasteiger partial charge in [0, 0.05) is 36.7 Å². The number of amides is 1. The van der Waals surface area contributed by atoms with Gasteiger partial charge in [0.2, 0.25) is 5.95 Å². The number of nitrogens with zero attached hydrogens (tertiary/aromatic N) is 4. The first kappa shape index (κ1) is 19.3. The molecule has 0 unspecified atom stereocenters. The van der Waals surface area contributed by atoms with Crippen LogP contribution in [-0.2, 0) is 0 Å². The van der Waals surface area contributed by atoms with E-state index < -0.39 is 0 Å². The average molecular weight is 380 g/mol. The van der Waals surface area contributed by atoms with Gasteiger partial charge in [-0.25, -0.2) is 9.97 Å². The van der Waals surface area contributed by atoms with Gasteiger partial charge in [-0.3, -0.25) is 4.79 Å². The zero-order valence-electron chi connectivity index (χ0n) is 16.5. The number of nitrogens with one attached hydrogen (secondary N) is 2. The van der Waals surface area contributed by atoms with Crippen LogP contribution in [0.25, 0.3) is 0 Å². The number of anilines is 4. The molecular formula is C20H24N6O2. The van der Waals surface area contributed by atoms with Crippen molar-refractivity contribution in [3.63, 3.8) is 0 Å². The van der Waals surface area contributed by atoms with Gasteiger partial charge >= 0.3 is 0 Å². The van der Waals surface area contributed by atoms with Crippen LogP contribution in [0.15, 0.2) is 41.1 Å². The molecule has 8 heteroatoms. The van der Waals surface area contributed by atoms with Crippen LogP contribution < -0.4 is 15.5 Å². The van der Waals surface area contributed by atoms with E-state index in [1.165, 1.54) is 11.9 Å². The van der Waals surface area contributed by atoms with Crippen molar-refractivity contribution in [2.45, 2.75) is 27.7 Å². The van der Waals surface area contributed by atoms with Crippen molar-refractivity contribution in [2.24, 2.45) is 0 Å². The number of rotatable bonds is 7. The normalized spacial score (nSPS) is 10.6. The lowest BCUT2D eigenvalue weighted by molar-refractivity contribution is 0.102. The summed E-state index contributed by atoms with van der Waals surface area (Å²) in [6, 6.07) is 9.37. The number of benzene rings is 1. The molecule has 2 heterocycles. The van der Waals surface area contributed by atoms with Crippen LogP contribution in [-0.4, -0.2) is 34.1 Å². The number of carbonyl (C=O) groups excluding carboxylic acids is 1. The van der Waals surface area contributed by atoms with E-state index in [2.05, 4.69) is 56.6 Å². The molecule has 0 fully saturated rings. The Morgan fingerprint density at radius 3 is 2.57 bits per heavy atom. The summed E-state index contributed by atoms with van der Waals surface area (Å²) < 4.78 is 4.95. The van der Waals surface area contributed by atoms with Gasteiger partial charge in [0.1, 0.15) is 11.5 Å². The summed E-state index contributed by atoms with van der Waals surface area (Å²) >= 11 is 0.